The van der Waals surface area contributed by atoms with Crippen LogP contribution >= 0.6 is 11.6 Å². The number of amides is 1. The number of sulfonamides is 1. The molecule has 6 nitrogen and oxygen atoms in total. The topological polar surface area (TPSA) is 101 Å². The molecule has 0 fully saturated rings. The summed E-state index contributed by atoms with van der Waals surface area (Å²) in [6, 6.07) is 12.5. The molecule has 0 radical (unpaired) electrons. The quantitative estimate of drug-likeness (QED) is 0.872. The van der Waals surface area contributed by atoms with Crippen molar-refractivity contribution >= 4 is 33.3 Å². The lowest BCUT2D eigenvalue weighted by molar-refractivity contribution is -0.115. The second kappa shape index (κ2) is 5.85. The molecule has 124 valence electrons. The molecule has 0 unspecified atom stereocenters. The maximum atomic E-state index is 12.9. The van der Waals surface area contributed by atoms with Crippen molar-refractivity contribution in [3.63, 3.8) is 0 Å². The van der Waals surface area contributed by atoms with Crippen LogP contribution < -0.4 is 5.73 Å². The van der Waals surface area contributed by atoms with E-state index in [2.05, 4.69) is 0 Å². The van der Waals surface area contributed by atoms with Crippen LogP contribution in [0.15, 0.2) is 59.1 Å². The van der Waals surface area contributed by atoms with Gasteiger partial charge in [-0.15, -0.1) is 0 Å². The number of primary amides is 1. The van der Waals surface area contributed by atoms with Gasteiger partial charge in [-0.05, 0) is 23.8 Å². The number of nitrogens with zero attached hydrogens (tertiary/aromatic N) is 1. The standard InChI is InChI=1S/C16H13ClN2O4S/c17-12-7-3-1-5-10(12)9-19-14(16(18)21)15(20)11-6-2-4-8-13(11)24(19,22)23/h1-8,20H,9H2,(H2,18,21). The Kier molecular flexibility index (Phi) is 3.98. The van der Waals surface area contributed by atoms with E-state index in [-0.39, 0.29) is 17.0 Å². The summed E-state index contributed by atoms with van der Waals surface area (Å²) in [5, 5.41) is 10.7. The van der Waals surface area contributed by atoms with Gasteiger partial charge in [0.2, 0.25) is 0 Å². The lowest BCUT2D eigenvalue weighted by atomic mass is 10.1. The first-order valence-corrected chi connectivity index (χ1v) is 8.74. The van der Waals surface area contributed by atoms with Crippen molar-refractivity contribution in [2.24, 2.45) is 5.73 Å². The van der Waals surface area contributed by atoms with Crippen molar-refractivity contribution in [2.45, 2.75) is 11.4 Å². The van der Waals surface area contributed by atoms with E-state index in [1.165, 1.54) is 18.2 Å². The summed E-state index contributed by atoms with van der Waals surface area (Å²) in [5.41, 5.74) is 5.37. The van der Waals surface area contributed by atoms with E-state index in [0.717, 1.165) is 4.31 Å². The molecule has 0 saturated heterocycles. The van der Waals surface area contributed by atoms with Gasteiger partial charge in [-0.3, -0.25) is 9.10 Å². The second-order valence-electron chi connectivity index (χ2n) is 5.16. The van der Waals surface area contributed by atoms with Gasteiger partial charge in [-0.1, -0.05) is 41.9 Å². The number of aliphatic hydroxyl groups excluding tert-OH is 1. The number of fused-ring (bicyclic) bond motifs is 1. The first kappa shape index (κ1) is 16.4. The average molecular weight is 365 g/mol. The molecule has 2 aromatic rings. The molecule has 24 heavy (non-hydrogen) atoms. The molecule has 0 spiro atoms. The van der Waals surface area contributed by atoms with E-state index >= 15 is 0 Å². The average Bonchev–Trinajstić information content (AvgIpc) is 2.54. The van der Waals surface area contributed by atoms with Crippen molar-refractivity contribution in [1.29, 1.82) is 0 Å². The molecule has 3 rings (SSSR count). The number of benzene rings is 2. The van der Waals surface area contributed by atoms with Crippen molar-refractivity contribution in [3.8, 4) is 0 Å². The molecule has 0 aromatic heterocycles. The Morgan fingerprint density at radius 1 is 1.12 bits per heavy atom. The van der Waals surface area contributed by atoms with Gasteiger partial charge in [-0.25, -0.2) is 8.42 Å². The van der Waals surface area contributed by atoms with Crippen LogP contribution in [0.3, 0.4) is 0 Å². The molecule has 3 N–H and O–H groups in total. The molecule has 1 amide bonds. The predicted octanol–water partition coefficient (Wildman–Crippen LogP) is 2.26. The largest absolute Gasteiger partial charge is 0.505 e. The molecule has 0 atom stereocenters. The van der Waals surface area contributed by atoms with Crippen LogP contribution in [-0.2, 0) is 21.4 Å². The predicted molar refractivity (Wildman–Crippen MR) is 89.4 cm³/mol. The number of carbonyl (C=O) groups is 1. The van der Waals surface area contributed by atoms with Gasteiger partial charge in [0.1, 0.15) is 0 Å². The van der Waals surface area contributed by atoms with Gasteiger partial charge in [-0.2, -0.15) is 0 Å². The van der Waals surface area contributed by atoms with Gasteiger partial charge in [0.05, 0.1) is 11.4 Å². The van der Waals surface area contributed by atoms with Crippen LogP contribution in [0, 0.1) is 0 Å². The van der Waals surface area contributed by atoms with Crippen molar-refractivity contribution in [1.82, 2.24) is 4.31 Å². The van der Waals surface area contributed by atoms with E-state index in [1.807, 2.05) is 0 Å². The molecule has 0 bridgehead atoms. The molecular weight excluding hydrogens is 352 g/mol. The number of nitrogens with two attached hydrogens (primary N) is 1. The maximum absolute atomic E-state index is 12.9. The van der Waals surface area contributed by atoms with Gasteiger partial charge in [0, 0.05) is 10.6 Å². The second-order valence-corrected chi connectivity index (χ2v) is 7.40. The first-order valence-electron chi connectivity index (χ1n) is 6.92. The van der Waals surface area contributed by atoms with Gasteiger partial charge in [0.15, 0.2) is 11.5 Å². The van der Waals surface area contributed by atoms with E-state index in [4.69, 9.17) is 17.3 Å². The van der Waals surface area contributed by atoms with E-state index in [1.54, 1.807) is 30.3 Å². The van der Waals surface area contributed by atoms with Crippen LogP contribution in [0.5, 0.6) is 0 Å². The first-order chi connectivity index (χ1) is 11.3. The van der Waals surface area contributed by atoms with Crippen molar-refractivity contribution in [3.05, 3.63) is 70.4 Å². The molecule has 0 aliphatic carbocycles. The summed E-state index contributed by atoms with van der Waals surface area (Å²) in [4.78, 5) is 11.7. The van der Waals surface area contributed by atoms with E-state index in [9.17, 15) is 18.3 Å². The van der Waals surface area contributed by atoms with Gasteiger partial charge in [0.25, 0.3) is 15.9 Å². The SMILES string of the molecule is NC(=O)C1=C(O)c2ccccc2S(=O)(=O)N1Cc1ccccc1Cl. The Morgan fingerprint density at radius 2 is 1.75 bits per heavy atom. The Morgan fingerprint density at radius 3 is 2.42 bits per heavy atom. The molecule has 1 aliphatic rings. The van der Waals surface area contributed by atoms with Crippen LogP contribution in [-0.4, -0.2) is 23.7 Å². The van der Waals surface area contributed by atoms with Gasteiger partial charge >= 0.3 is 0 Å². The lowest BCUT2D eigenvalue weighted by Gasteiger charge is -2.31. The van der Waals surface area contributed by atoms with E-state index < -0.39 is 27.4 Å². The fourth-order valence-corrected chi connectivity index (χ4v) is 4.41. The highest BCUT2D eigenvalue weighted by molar-refractivity contribution is 7.89. The minimum Gasteiger partial charge on any atom is -0.505 e. The lowest BCUT2D eigenvalue weighted by Crippen LogP contribution is -2.39. The highest BCUT2D eigenvalue weighted by Crippen LogP contribution is 2.36. The van der Waals surface area contributed by atoms with Crippen molar-refractivity contribution in [2.75, 3.05) is 0 Å². The minimum atomic E-state index is -4.07. The van der Waals surface area contributed by atoms with Crippen LogP contribution in [0.2, 0.25) is 5.02 Å². The molecule has 1 aliphatic heterocycles. The molecule has 1 heterocycles. The number of aliphatic hydroxyl groups is 1. The van der Waals surface area contributed by atoms with Gasteiger partial charge < -0.3 is 10.8 Å². The fraction of sp³-hybridized carbons (Fsp3) is 0.0625. The molecule has 8 heteroatoms. The zero-order valence-corrected chi connectivity index (χ0v) is 13.9. The van der Waals surface area contributed by atoms with Crippen molar-refractivity contribution < 1.29 is 18.3 Å². The normalized spacial score (nSPS) is 16.0. The Hall–Kier alpha value is -2.51. The zero-order valence-electron chi connectivity index (χ0n) is 12.3. The summed E-state index contributed by atoms with van der Waals surface area (Å²) < 4.78 is 26.6. The monoisotopic (exact) mass is 364 g/mol. The third kappa shape index (κ3) is 2.51. The number of carbonyl (C=O) groups excluding carboxylic acids is 1. The Bertz CT molecular complexity index is 970. The maximum Gasteiger partial charge on any atom is 0.269 e. The highest BCUT2D eigenvalue weighted by atomic mass is 35.5. The number of rotatable bonds is 3. The highest BCUT2D eigenvalue weighted by Gasteiger charge is 2.39. The van der Waals surface area contributed by atoms with Crippen LogP contribution in [0.4, 0.5) is 0 Å². The third-order valence-corrected chi connectivity index (χ3v) is 5.86. The third-order valence-electron chi connectivity index (χ3n) is 3.69. The summed E-state index contributed by atoms with van der Waals surface area (Å²) >= 11 is 6.08. The summed E-state index contributed by atoms with van der Waals surface area (Å²) in [5.74, 6) is -1.52. The summed E-state index contributed by atoms with van der Waals surface area (Å²) in [7, 11) is -4.07. The molecule has 2 aromatic carbocycles. The smallest absolute Gasteiger partial charge is 0.269 e. The van der Waals surface area contributed by atoms with Crippen LogP contribution in [0.1, 0.15) is 11.1 Å². The Balaban J connectivity index is 2.23. The Labute approximate surface area is 143 Å². The number of halogens is 1. The molecular formula is C16H13ClN2O4S. The number of hydrogen-bond acceptors (Lipinski definition) is 4. The number of hydrogen-bond donors (Lipinski definition) is 2. The van der Waals surface area contributed by atoms with Crippen LogP contribution in [0.25, 0.3) is 5.76 Å². The summed E-state index contributed by atoms with van der Waals surface area (Å²) in [6.45, 7) is -0.224. The summed E-state index contributed by atoms with van der Waals surface area (Å²) in [6.07, 6.45) is 0. The minimum absolute atomic E-state index is 0.0432. The van der Waals surface area contributed by atoms with E-state index in [0.29, 0.717) is 10.6 Å². The fourth-order valence-electron chi connectivity index (χ4n) is 2.56. The molecule has 0 saturated carbocycles. The zero-order chi connectivity index (χ0) is 17.5.